The third kappa shape index (κ3) is 4.88. The molecule has 1 saturated heterocycles. The van der Waals surface area contributed by atoms with Crippen molar-refractivity contribution >= 4 is 8.32 Å². The Morgan fingerprint density at radius 3 is 2.41 bits per heavy atom. The highest BCUT2D eigenvalue weighted by atomic mass is 28.4. The van der Waals surface area contributed by atoms with Crippen molar-refractivity contribution < 1.29 is 24.1 Å². The average Bonchev–Trinajstić information content (AvgIpc) is 2.84. The molecule has 1 aromatic rings. The minimum atomic E-state index is -1.89. The van der Waals surface area contributed by atoms with Gasteiger partial charge in [0.05, 0.1) is 12.7 Å². The summed E-state index contributed by atoms with van der Waals surface area (Å²) in [5.41, 5.74) is -0.199. The molecule has 0 saturated carbocycles. The van der Waals surface area contributed by atoms with Gasteiger partial charge in [0, 0.05) is 6.61 Å². The fraction of sp³-hybridized carbons (Fsp3) is 0.619. The molecule has 152 valence electrons. The average molecular weight is 395 g/mol. The molecule has 5 nitrogen and oxygen atoms in total. The number of hydrogen-bond donors (Lipinski definition) is 2. The normalized spacial score (nSPS) is 29.1. The van der Waals surface area contributed by atoms with Crippen LogP contribution in [0.4, 0.5) is 0 Å². The molecule has 1 aliphatic heterocycles. The number of aliphatic hydroxyl groups excluding tert-OH is 2. The first-order valence-corrected chi connectivity index (χ1v) is 12.4. The molecule has 6 heteroatoms. The molecule has 0 amide bonds. The minimum Gasteiger partial charge on any atom is -0.417 e. The first-order valence-electron chi connectivity index (χ1n) is 9.50. The van der Waals surface area contributed by atoms with Gasteiger partial charge >= 0.3 is 0 Å². The molecule has 0 aliphatic carbocycles. The van der Waals surface area contributed by atoms with Crippen LogP contribution in [0.15, 0.2) is 43.0 Å². The van der Waals surface area contributed by atoms with Crippen molar-refractivity contribution in [2.75, 3.05) is 6.61 Å². The Kier molecular flexibility index (Phi) is 7.05. The number of hydrogen-bond acceptors (Lipinski definition) is 5. The summed E-state index contributed by atoms with van der Waals surface area (Å²) in [4.78, 5) is 0. The lowest BCUT2D eigenvalue weighted by molar-refractivity contribution is -0.129. The second-order valence-corrected chi connectivity index (χ2v) is 13.5. The standard InChI is InChI=1S/C21H34O5Si/c1-7-21(24-15-16-11-9-8-10-12-16)17(26-19(23)18(21)22)13-14-25-27(5,6)20(2,3)4/h7-12,17-19,22-23H,1,13-15H2,2-6H3/t17-,18+,19+,21-/m1/s1. The van der Waals surface area contributed by atoms with Gasteiger partial charge in [-0.1, -0.05) is 57.2 Å². The molecule has 0 aromatic heterocycles. The number of rotatable bonds is 8. The Hall–Kier alpha value is -1.02. The van der Waals surface area contributed by atoms with Crippen molar-refractivity contribution in [3.05, 3.63) is 48.6 Å². The lowest BCUT2D eigenvalue weighted by Crippen LogP contribution is -2.49. The van der Waals surface area contributed by atoms with Crippen LogP contribution in [-0.2, 0) is 20.5 Å². The van der Waals surface area contributed by atoms with Crippen LogP contribution in [0, 0.1) is 0 Å². The summed E-state index contributed by atoms with van der Waals surface area (Å²) in [7, 11) is -1.89. The van der Waals surface area contributed by atoms with Crippen LogP contribution in [0.1, 0.15) is 32.8 Å². The van der Waals surface area contributed by atoms with E-state index in [-0.39, 0.29) is 5.04 Å². The summed E-state index contributed by atoms with van der Waals surface area (Å²) >= 11 is 0. The van der Waals surface area contributed by atoms with Crippen LogP contribution < -0.4 is 0 Å². The van der Waals surface area contributed by atoms with Crippen LogP contribution in [0.3, 0.4) is 0 Å². The van der Waals surface area contributed by atoms with Gasteiger partial charge in [0.25, 0.3) is 0 Å². The van der Waals surface area contributed by atoms with Crippen molar-refractivity contribution in [2.45, 2.75) is 76.0 Å². The highest BCUT2D eigenvalue weighted by Crippen LogP contribution is 2.39. The number of ether oxygens (including phenoxy) is 2. The van der Waals surface area contributed by atoms with E-state index in [1.54, 1.807) is 6.08 Å². The van der Waals surface area contributed by atoms with Crippen molar-refractivity contribution in [3.8, 4) is 0 Å². The molecule has 1 heterocycles. The molecule has 1 aromatic carbocycles. The van der Waals surface area contributed by atoms with Gasteiger partial charge in [0.1, 0.15) is 11.7 Å². The van der Waals surface area contributed by atoms with E-state index in [9.17, 15) is 10.2 Å². The lowest BCUT2D eigenvalue weighted by atomic mass is 9.90. The van der Waals surface area contributed by atoms with Crippen LogP contribution in [0.25, 0.3) is 0 Å². The molecule has 1 aliphatic rings. The van der Waals surface area contributed by atoms with E-state index in [1.807, 2.05) is 30.3 Å². The molecule has 0 unspecified atom stereocenters. The largest absolute Gasteiger partial charge is 0.417 e. The van der Waals surface area contributed by atoms with E-state index in [2.05, 4.69) is 40.4 Å². The predicted molar refractivity (Wildman–Crippen MR) is 109 cm³/mol. The van der Waals surface area contributed by atoms with Crippen molar-refractivity contribution in [3.63, 3.8) is 0 Å². The highest BCUT2D eigenvalue weighted by molar-refractivity contribution is 6.74. The first kappa shape index (κ1) is 22.3. The zero-order valence-electron chi connectivity index (χ0n) is 17.1. The van der Waals surface area contributed by atoms with Gasteiger partial charge in [-0.25, -0.2) is 0 Å². The summed E-state index contributed by atoms with van der Waals surface area (Å²) in [5.74, 6) is 0. The van der Waals surface area contributed by atoms with Crippen LogP contribution >= 0.6 is 0 Å². The van der Waals surface area contributed by atoms with Crippen LogP contribution in [-0.4, -0.2) is 49.2 Å². The topological polar surface area (TPSA) is 68.2 Å². The number of benzene rings is 1. The Labute approximate surface area is 164 Å². The van der Waals surface area contributed by atoms with E-state index in [4.69, 9.17) is 13.9 Å². The molecular weight excluding hydrogens is 360 g/mol. The van der Waals surface area contributed by atoms with E-state index in [0.29, 0.717) is 19.6 Å². The van der Waals surface area contributed by atoms with Gasteiger partial charge in [-0.3, -0.25) is 0 Å². The Balaban J connectivity index is 2.07. The smallest absolute Gasteiger partial charge is 0.191 e. The fourth-order valence-electron chi connectivity index (χ4n) is 2.97. The molecular formula is C21H34O5Si. The summed E-state index contributed by atoms with van der Waals surface area (Å²) in [6, 6.07) is 9.70. The monoisotopic (exact) mass is 394 g/mol. The summed E-state index contributed by atoms with van der Waals surface area (Å²) in [5, 5.41) is 20.7. The van der Waals surface area contributed by atoms with Gasteiger partial charge in [-0.15, -0.1) is 6.58 Å². The Morgan fingerprint density at radius 2 is 1.85 bits per heavy atom. The third-order valence-electron chi connectivity index (χ3n) is 5.84. The second kappa shape index (κ2) is 8.55. The van der Waals surface area contributed by atoms with Crippen molar-refractivity contribution in [1.29, 1.82) is 0 Å². The fourth-order valence-corrected chi connectivity index (χ4v) is 4.03. The first-order chi connectivity index (χ1) is 12.5. The highest BCUT2D eigenvalue weighted by Gasteiger charge is 2.55. The second-order valence-electron chi connectivity index (χ2n) is 8.69. The van der Waals surface area contributed by atoms with Gasteiger partial charge in [-0.2, -0.15) is 0 Å². The molecule has 0 spiro atoms. The zero-order chi connectivity index (χ0) is 20.3. The molecule has 2 rings (SSSR count). The SMILES string of the molecule is C=C[C@@]1(OCc2ccccc2)[C@@H](CCO[Si](C)(C)C(C)(C)C)O[C@H](O)[C@@H]1O. The van der Waals surface area contributed by atoms with Gasteiger partial charge in [-0.05, 0) is 30.1 Å². The maximum absolute atomic E-state index is 10.5. The summed E-state index contributed by atoms with van der Waals surface area (Å²) < 4.78 is 17.9. The third-order valence-corrected chi connectivity index (χ3v) is 10.4. The van der Waals surface area contributed by atoms with E-state index in [0.717, 1.165) is 5.56 Å². The predicted octanol–water partition coefficient (Wildman–Crippen LogP) is 3.62. The zero-order valence-corrected chi connectivity index (χ0v) is 18.1. The summed E-state index contributed by atoms with van der Waals surface area (Å²) in [6.07, 6.45) is -0.989. The Morgan fingerprint density at radius 1 is 1.22 bits per heavy atom. The van der Waals surface area contributed by atoms with Gasteiger partial charge < -0.3 is 24.1 Å². The van der Waals surface area contributed by atoms with Gasteiger partial charge in [0.2, 0.25) is 0 Å². The Bertz CT molecular complexity index is 613. The molecule has 27 heavy (non-hydrogen) atoms. The maximum atomic E-state index is 10.5. The van der Waals surface area contributed by atoms with E-state index < -0.39 is 32.4 Å². The molecule has 2 N–H and O–H groups in total. The lowest BCUT2D eigenvalue weighted by Gasteiger charge is -2.37. The minimum absolute atomic E-state index is 0.113. The molecule has 0 radical (unpaired) electrons. The quantitative estimate of drug-likeness (QED) is 0.521. The van der Waals surface area contributed by atoms with E-state index in [1.165, 1.54) is 0 Å². The van der Waals surface area contributed by atoms with Gasteiger partial charge in [0.15, 0.2) is 14.6 Å². The maximum Gasteiger partial charge on any atom is 0.191 e. The van der Waals surface area contributed by atoms with Crippen molar-refractivity contribution in [2.24, 2.45) is 0 Å². The van der Waals surface area contributed by atoms with Crippen LogP contribution in [0.5, 0.6) is 0 Å². The van der Waals surface area contributed by atoms with Crippen LogP contribution in [0.2, 0.25) is 18.1 Å². The van der Waals surface area contributed by atoms with Crippen molar-refractivity contribution in [1.82, 2.24) is 0 Å². The van der Waals surface area contributed by atoms with E-state index >= 15 is 0 Å². The molecule has 0 bridgehead atoms. The summed E-state index contributed by atoms with van der Waals surface area (Å²) in [6.45, 7) is 15.6. The number of aliphatic hydroxyl groups is 2. The molecule has 4 atom stereocenters. The molecule has 1 fully saturated rings.